The first-order valence-corrected chi connectivity index (χ1v) is 7.60. The summed E-state index contributed by atoms with van der Waals surface area (Å²) in [5.41, 5.74) is 3.86. The summed E-state index contributed by atoms with van der Waals surface area (Å²) >= 11 is 0. The quantitative estimate of drug-likeness (QED) is 0.693. The van der Waals surface area contributed by atoms with Crippen molar-refractivity contribution in [1.82, 2.24) is 4.90 Å². The van der Waals surface area contributed by atoms with Crippen LogP contribution >= 0.6 is 0 Å². The molecule has 0 amide bonds. The van der Waals surface area contributed by atoms with E-state index in [4.69, 9.17) is 15.3 Å². The Morgan fingerprint density at radius 3 is 2.52 bits per heavy atom. The third kappa shape index (κ3) is 2.86. The van der Waals surface area contributed by atoms with Crippen LogP contribution in [0.5, 0.6) is 0 Å². The molecule has 0 saturated carbocycles. The summed E-state index contributed by atoms with van der Waals surface area (Å²) in [5, 5.41) is 18.1. The first-order chi connectivity index (χ1) is 10.3. The van der Waals surface area contributed by atoms with Gasteiger partial charge in [0, 0.05) is 18.8 Å². The number of ether oxygens (including phenoxy) is 1. The van der Waals surface area contributed by atoms with Crippen molar-refractivity contribution in [3.05, 3.63) is 34.6 Å². The van der Waals surface area contributed by atoms with Crippen molar-refractivity contribution in [2.24, 2.45) is 5.92 Å². The summed E-state index contributed by atoms with van der Waals surface area (Å²) in [4.78, 5) is 2.41. The fraction of sp³-hybridized carbons (Fsp3) is 0.529. The molecule has 0 bridgehead atoms. The molecule has 1 fully saturated rings. The fourth-order valence-corrected chi connectivity index (χ4v) is 3.41. The Hall–Kier alpha value is -2.04. The highest BCUT2D eigenvalue weighted by Crippen LogP contribution is 2.38. The number of nitriles is 2. The predicted molar refractivity (Wildman–Crippen MR) is 78.8 cm³/mol. The minimum atomic E-state index is 0.271. The second-order valence-corrected chi connectivity index (χ2v) is 5.78. The van der Waals surface area contributed by atoms with E-state index in [1.807, 2.05) is 12.1 Å². The molecule has 0 spiro atoms. The van der Waals surface area contributed by atoms with Crippen LogP contribution in [0, 0.1) is 28.6 Å². The third-order valence-corrected chi connectivity index (χ3v) is 4.62. The second kappa shape index (κ2) is 6.16. The minimum absolute atomic E-state index is 0.271. The zero-order valence-electron chi connectivity index (χ0n) is 12.1. The molecule has 3 rings (SSSR count). The molecule has 3 aliphatic rings. The molecule has 1 saturated heterocycles. The van der Waals surface area contributed by atoms with Gasteiger partial charge >= 0.3 is 0 Å². The molecule has 2 aliphatic carbocycles. The summed E-state index contributed by atoms with van der Waals surface area (Å²) < 4.78 is 5.41. The van der Waals surface area contributed by atoms with Gasteiger partial charge in [-0.05, 0) is 48.8 Å². The lowest BCUT2D eigenvalue weighted by Gasteiger charge is -2.36. The SMILES string of the molecule is N#CC(C#N)=C1C=C2C=C(N3CCOCC3)CC[C@H]2CC1. The van der Waals surface area contributed by atoms with E-state index in [1.54, 1.807) is 0 Å². The normalized spacial score (nSPS) is 25.1. The van der Waals surface area contributed by atoms with E-state index in [1.165, 1.54) is 17.7 Å². The van der Waals surface area contributed by atoms with Gasteiger partial charge in [-0.1, -0.05) is 6.08 Å². The molecule has 108 valence electrons. The van der Waals surface area contributed by atoms with Crippen LogP contribution in [-0.4, -0.2) is 31.2 Å². The molecule has 21 heavy (non-hydrogen) atoms. The molecule has 1 heterocycles. The third-order valence-electron chi connectivity index (χ3n) is 4.62. The number of hydrogen-bond acceptors (Lipinski definition) is 4. The lowest BCUT2D eigenvalue weighted by Crippen LogP contribution is -2.36. The number of hydrogen-bond donors (Lipinski definition) is 0. The van der Waals surface area contributed by atoms with E-state index in [-0.39, 0.29) is 5.57 Å². The van der Waals surface area contributed by atoms with Gasteiger partial charge in [0.1, 0.15) is 17.7 Å². The van der Waals surface area contributed by atoms with Crippen LogP contribution in [0.2, 0.25) is 0 Å². The summed E-state index contributed by atoms with van der Waals surface area (Å²) in [6.07, 6.45) is 8.58. The Labute approximate surface area is 125 Å². The van der Waals surface area contributed by atoms with E-state index in [9.17, 15) is 0 Å². The molecule has 0 N–H and O–H groups in total. The zero-order valence-corrected chi connectivity index (χ0v) is 12.1. The van der Waals surface area contributed by atoms with Crippen molar-refractivity contribution in [3.63, 3.8) is 0 Å². The number of fused-ring (bicyclic) bond motifs is 1. The van der Waals surface area contributed by atoms with E-state index >= 15 is 0 Å². The topological polar surface area (TPSA) is 60.0 Å². The van der Waals surface area contributed by atoms with E-state index in [0.717, 1.165) is 51.1 Å². The van der Waals surface area contributed by atoms with Crippen molar-refractivity contribution in [3.8, 4) is 12.1 Å². The molecule has 4 heteroatoms. The van der Waals surface area contributed by atoms with Gasteiger partial charge in [-0.25, -0.2) is 0 Å². The highest BCUT2D eigenvalue weighted by Gasteiger charge is 2.26. The molecule has 0 aromatic carbocycles. The molecule has 0 aromatic rings. The summed E-state index contributed by atoms with van der Waals surface area (Å²) in [6, 6.07) is 4.04. The van der Waals surface area contributed by atoms with Gasteiger partial charge in [0.05, 0.1) is 13.2 Å². The predicted octanol–water partition coefficient (Wildman–Crippen LogP) is 2.68. The molecular formula is C17H19N3O. The van der Waals surface area contributed by atoms with Crippen LogP contribution in [0.1, 0.15) is 25.7 Å². The van der Waals surface area contributed by atoms with Crippen LogP contribution in [0.15, 0.2) is 34.6 Å². The Bertz CT molecular complexity index is 579. The van der Waals surface area contributed by atoms with Gasteiger partial charge in [0.2, 0.25) is 0 Å². The van der Waals surface area contributed by atoms with Crippen LogP contribution in [0.25, 0.3) is 0 Å². The van der Waals surface area contributed by atoms with Crippen LogP contribution in [0.3, 0.4) is 0 Å². The molecular weight excluding hydrogens is 262 g/mol. The smallest absolute Gasteiger partial charge is 0.132 e. The van der Waals surface area contributed by atoms with Crippen molar-refractivity contribution >= 4 is 0 Å². The Morgan fingerprint density at radius 2 is 1.81 bits per heavy atom. The Kier molecular flexibility index (Phi) is 4.08. The lowest BCUT2D eigenvalue weighted by molar-refractivity contribution is 0.0511. The van der Waals surface area contributed by atoms with Crippen LogP contribution in [0.4, 0.5) is 0 Å². The zero-order chi connectivity index (χ0) is 14.7. The number of rotatable bonds is 1. The van der Waals surface area contributed by atoms with Crippen molar-refractivity contribution < 1.29 is 4.74 Å². The first kappa shape index (κ1) is 13.9. The highest BCUT2D eigenvalue weighted by molar-refractivity contribution is 5.49. The van der Waals surface area contributed by atoms with E-state index in [0.29, 0.717) is 5.92 Å². The molecule has 4 nitrogen and oxygen atoms in total. The van der Waals surface area contributed by atoms with Gasteiger partial charge in [0.15, 0.2) is 0 Å². The molecule has 0 aromatic heterocycles. The number of morpholine rings is 1. The average Bonchev–Trinajstić information content (AvgIpc) is 2.56. The van der Waals surface area contributed by atoms with E-state index in [2.05, 4.69) is 17.1 Å². The van der Waals surface area contributed by atoms with Gasteiger partial charge in [0.25, 0.3) is 0 Å². The monoisotopic (exact) mass is 281 g/mol. The summed E-state index contributed by atoms with van der Waals surface area (Å²) in [5.74, 6) is 0.595. The molecule has 1 aliphatic heterocycles. The van der Waals surface area contributed by atoms with Gasteiger partial charge < -0.3 is 9.64 Å². The first-order valence-electron chi connectivity index (χ1n) is 7.60. The van der Waals surface area contributed by atoms with Crippen molar-refractivity contribution in [2.45, 2.75) is 25.7 Å². The Balaban J connectivity index is 1.88. The fourth-order valence-electron chi connectivity index (χ4n) is 3.41. The van der Waals surface area contributed by atoms with Gasteiger partial charge in [-0.2, -0.15) is 10.5 Å². The maximum Gasteiger partial charge on any atom is 0.132 e. The van der Waals surface area contributed by atoms with Crippen molar-refractivity contribution in [1.29, 1.82) is 10.5 Å². The minimum Gasteiger partial charge on any atom is -0.378 e. The van der Waals surface area contributed by atoms with Crippen LogP contribution < -0.4 is 0 Å². The summed E-state index contributed by atoms with van der Waals surface area (Å²) in [6.45, 7) is 3.54. The maximum absolute atomic E-state index is 9.03. The number of allylic oxidation sites excluding steroid dienone is 6. The molecule has 1 atom stereocenters. The van der Waals surface area contributed by atoms with Gasteiger partial charge in [-0.15, -0.1) is 0 Å². The largest absolute Gasteiger partial charge is 0.378 e. The van der Waals surface area contributed by atoms with Crippen molar-refractivity contribution in [2.75, 3.05) is 26.3 Å². The average molecular weight is 281 g/mol. The molecule has 0 radical (unpaired) electrons. The lowest BCUT2D eigenvalue weighted by atomic mass is 9.77. The van der Waals surface area contributed by atoms with Gasteiger partial charge in [-0.3, -0.25) is 0 Å². The van der Waals surface area contributed by atoms with E-state index < -0.39 is 0 Å². The highest BCUT2D eigenvalue weighted by atomic mass is 16.5. The van der Waals surface area contributed by atoms with Crippen LogP contribution in [-0.2, 0) is 4.74 Å². The number of nitrogens with zero attached hydrogens (tertiary/aromatic N) is 3. The molecule has 0 unspecified atom stereocenters. The summed E-state index contributed by atoms with van der Waals surface area (Å²) in [7, 11) is 0. The standard InChI is InChI=1S/C17H19N3O/c18-11-16(12-19)14-2-1-13-3-4-17(10-15(13)9-14)20-5-7-21-8-6-20/h9-10,13H,1-8H2/t13-/m1/s1. The Morgan fingerprint density at radius 1 is 1.10 bits per heavy atom. The maximum atomic E-state index is 9.03. The second-order valence-electron chi connectivity index (χ2n) is 5.78.